The van der Waals surface area contributed by atoms with Gasteiger partial charge in [-0.1, -0.05) is 6.07 Å². The van der Waals surface area contributed by atoms with Crippen molar-refractivity contribution >= 4 is 17.7 Å². The number of hydrogen-bond acceptors (Lipinski definition) is 5. The maximum absolute atomic E-state index is 12.2. The number of ether oxygens (including phenoxy) is 1. The molecule has 1 heterocycles. The molecule has 0 radical (unpaired) electrons. The molecule has 0 unspecified atom stereocenters. The zero-order chi connectivity index (χ0) is 18.7. The normalized spacial score (nSPS) is 18.0. The summed E-state index contributed by atoms with van der Waals surface area (Å²) in [5.74, 6) is -0.529. The van der Waals surface area contributed by atoms with Crippen LogP contribution in [-0.4, -0.2) is 48.8 Å². The molecule has 0 spiro atoms. The number of nitrogens with zero attached hydrogens (tertiary/aromatic N) is 1. The molecule has 1 aromatic carbocycles. The lowest BCUT2D eigenvalue weighted by Gasteiger charge is -2.35. The van der Waals surface area contributed by atoms with Crippen molar-refractivity contribution in [2.45, 2.75) is 46.7 Å². The molecule has 1 saturated heterocycles. The van der Waals surface area contributed by atoms with Crippen LogP contribution in [0.2, 0.25) is 0 Å². The minimum Gasteiger partial charge on any atom is -0.469 e. The molecule has 1 aliphatic heterocycles. The third-order valence-corrected chi connectivity index (χ3v) is 4.87. The Morgan fingerprint density at radius 1 is 1.28 bits per heavy atom. The highest BCUT2D eigenvalue weighted by Gasteiger charge is 2.32. The van der Waals surface area contributed by atoms with Crippen LogP contribution in [0.3, 0.4) is 0 Å². The Bertz CT molecular complexity index is 712. The van der Waals surface area contributed by atoms with Gasteiger partial charge in [-0.3, -0.25) is 19.3 Å². The molecule has 0 aromatic heterocycles. The Balaban J connectivity index is 2.36. The zero-order valence-corrected chi connectivity index (χ0v) is 15.6. The van der Waals surface area contributed by atoms with Gasteiger partial charge in [0.2, 0.25) is 5.91 Å². The molecule has 6 nitrogen and oxygen atoms in total. The second kappa shape index (κ2) is 7.78. The Labute approximate surface area is 148 Å². The fourth-order valence-corrected chi connectivity index (χ4v) is 3.63. The molecule has 0 saturated carbocycles. The van der Waals surface area contributed by atoms with Crippen LogP contribution in [0.1, 0.15) is 46.0 Å². The number of benzene rings is 1. The van der Waals surface area contributed by atoms with E-state index in [2.05, 4.69) is 5.32 Å². The first-order valence-corrected chi connectivity index (χ1v) is 8.45. The molecule has 136 valence electrons. The van der Waals surface area contributed by atoms with Gasteiger partial charge in [-0.05, 0) is 49.9 Å². The van der Waals surface area contributed by atoms with Crippen LogP contribution < -0.4 is 5.32 Å². The van der Waals surface area contributed by atoms with E-state index in [1.54, 1.807) is 6.92 Å². The first-order chi connectivity index (χ1) is 11.8. The SMILES string of the molecule is COC(=O)C[C@@H]1C(=O)NCCN1Cc1c(C)cc(C)c(C(C)=O)c1C. The third kappa shape index (κ3) is 4.07. The van der Waals surface area contributed by atoms with Gasteiger partial charge in [0, 0.05) is 25.2 Å². The highest BCUT2D eigenvalue weighted by molar-refractivity contribution is 5.97. The molecule has 25 heavy (non-hydrogen) atoms. The number of piperazine rings is 1. The van der Waals surface area contributed by atoms with Crippen LogP contribution >= 0.6 is 0 Å². The maximum Gasteiger partial charge on any atom is 0.307 e. The summed E-state index contributed by atoms with van der Waals surface area (Å²) in [4.78, 5) is 37.9. The first kappa shape index (κ1) is 19.1. The number of hydrogen-bond donors (Lipinski definition) is 1. The molecular weight excluding hydrogens is 320 g/mol. The van der Waals surface area contributed by atoms with Gasteiger partial charge >= 0.3 is 5.97 Å². The first-order valence-electron chi connectivity index (χ1n) is 8.45. The minimum absolute atomic E-state index is 0.0197. The fraction of sp³-hybridized carbons (Fsp3) is 0.526. The van der Waals surface area contributed by atoms with Crippen molar-refractivity contribution in [3.05, 3.63) is 33.9 Å². The summed E-state index contributed by atoms with van der Waals surface area (Å²) in [5, 5.41) is 2.80. The summed E-state index contributed by atoms with van der Waals surface area (Å²) in [5.41, 5.74) is 4.79. The highest BCUT2D eigenvalue weighted by Crippen LogP contribution is 2.25. The van der Waals surface area contributed by atoms with E-state index in [0.29, 0.717) is 19.6 Å². The van der Waals surface area contributed by atoms with Crippen molar-refractivity contribution in [1.29, 1.82) is 0 Å². The van der Waals surface area contributed by atoms with E-state index in [9.17, 15) is 14.4 Å². The summed E-state index contributed by atoms with van der Waals surface area (Å²) in [6.07, 6.45) is 0.0197. The summed E-state index contributed by atoms with van der Waals surface area (Å²) < 4.78 is 4.72. The van der Waals surface area contributed by atoms with Gasteiger partial charge in [0.05, 0.1) is 13.5 Å². The molecule has 1 aliphatic rings. The average molecular weight is 346 g/mol. The van der Waals surface area contributed by atoms with Crippen molar-refractivity contribution < 1.29 is 19.1 Å². The topological polar surface area (TPSA) is 75.7 Å². The smallest absolute Gasteiger partial charge is 0.307 e. The number of rotatable bonds is 5. The van der Waals surface area contributed by atoms with E-state index in [0.717, 1.165) is 27.8 Å². The van der Waals surface area contributed by atoms with Gasteiger partial charge in [-0.2, -0.15) is 0 Å². The second-order valence-electron chi connectivity index (χ2n) is 6.60. The van der Waals surface area contributed by atoms with Crippen molar-refractivity contribution in [2.75, 3.05) is 20.2 Å². The largest absolute Gasteiger partial charge is 0.469 e. The van der Waals surface area contributed by atoms with E-state index < -0.39 is 12.0 Å². The number of methoxy groups -OCH3 is 1. The molecular formula is C19H26N2O4. The number of ketones is 1. The van der Waals surface area contributed by atoms with Crippen LogP contribution in [0.4, 0.5) is 0 Å². The molecule has 2 rings (SSSR count). The Kier molecular flexibility index (Phi) is 5.95. The van der Waals surface area contributed by atoms with Gasteiger partial charge < -0.3 is 10.1 Å². The number of amides is 1. The number of Topliss-reactive ketones (excluding diaryl/α,β-unsaturated/α-hetero) is 1. The van der Waals surface area contributed by atoms with E-state index in [4.69, 9.17) is 4.74 Å². The molecule has 1 amide bonds. The molecule has 1 aromatic rings. The molecule has 6 heteroatoms. The fourth-order valence-electron chi connectivity index (χ4n) is 3.63. The average Bonchev–Trinajstić information content (AvgIpc) is 2.53. The Morgan fingerprint density at radius 2 is 1.96 bits per heavy atom. The summed E-state index contributed by atoms with van der Waals surface area (Å²) in [6, 6.07) is 1.46. The number of esters is 1. The zero-order valence-electron chi connectivity index (χ0n) is 15.6. The summed E-state index contributed by atoms with van der Waals surface area (Å²) in [7, 11) is 1.32. The monoisotopic (exact) mass is 346 g/mol. The van der Waals surface area contributed by atoms with Gasteiger partial charge in [-0.15, -0.1) is 0 Å². The minimum atomic E-state index is -0.554. The predicted octanol–water partition coefficient (Wildman–Crippen LogP) is 1.68. The second-order valence-corrected chi connectivity index (χ2v) is 6.60. The number of aryl methyl sites for hydroxylation is 2. The van der Waals surface area contributed by atoms with E-state index in [1.807, 2.05) is 31.7 Å². The maximum atomic E-state index is 12.2. The molecule has 0 bridgehead atoms. The molecule has 1 atom stereocenters. The molecule has 1 N–H and O–H groups in total. The lowest BCUT2D eigenvalue weighted by molar-refractivity contribution is -0.146. The third-order valence-electron chi connectivity index (χ3n) is 4.87. The van der Waals surface area contributed by atoms with Crippen LogP contribution in [0.25, 0.3) is 0 Å². The highest BCUT2D eigenvalue weighted by atomic mass is 16.5. The Morgan fingerprint density at radius 3 is 2.56 bits per heavy atom. The Hall–Kier alpha value is -2.21. The number of carbonyl (C=O) groups is 3. The van der Waals surface area contributed by atoms with Crippen LogP contribution in [-0.2, 0) is 20.9 Å². The lowest BCUT2D eigenvalue weighted by Crippen LogP contribution is -2.55. The van der Waals surface area contributed by atoms with Crippen LogP contribution in [0, 0.1) is 20.8 Å². The number of nitrogens with one attached hydrogen (secondary N) is 1. The van der Waals surface area contributed by atoms with Crippen LogP contribution in [0.5, 0.6) is 0 Å². The van der Waals surface area contributed by atoms with Crippen molar-refractivity contribution in [2.24, 2.45) is 0 Å². The lowest BCUT2D eigenvalue weighted by atomic mass is 9.91. The predicted molar refractivity (Wildman–Crippen MR) is 94.5 cm³/mol. The van der Waals surface area contributed by atoms with E-state index >= 15 is 0 Å². The quantitative estimate of drug-likeness (QED) is 0.648. The van der Waals surface area contributed by atoms with E-state index in [-0.39, 0.29) is 18.1 Å². The van der Waals surface area contributed by atoms with Gasteiger partial charge in [0.15, 0.2) is 5.78 Å². The van der Waals surface area contributed by atoms with Crippen molar-refractivity contribution in [1.82, 2.24) is 10.2 Å². The molecule has 0 aliphatic carbocycles. The summed E-state index contributed by atoms with van der Waals surface area (Å²) in [6.45, 7) is 9.19. The van der Waals surface area contributed by atoms with Crippen molar-refractivity contribution in [3.63, 3.8) is 0 Å². The molecule has 1 fully saturated rings. The van der Waals surface area contributed by atoms with Crippen LogP contribution in [0.15, 0.2) is 6.07 Å². The van der Waals surface area contributed by atoms with Gasteiger partial charge in [0.25, 0.3) is 0 Å². The van der Waals surface area contributed by atoms with Gasteiger partial charge in [0.1, 0.15) is 6.04 Å². The number of carbonyl (C=O) groups excluding carboxylic acids is 3. The van der Waals surface area contributed by atoms with Crippen molar-refractivity contribution in [3.8, 4) is 0 Å². The van der Waals surface area contributed by atoms with E-state index in [1.165, 1.54) is 7.11 Å². The summed E-state index contributed by atoms with van der Waals surface area (Å²) >= 11 is 0. The van der Waals surface area contributed by atoms with Gasteiger partial charge in [-0.25, -0.2) is 0 Å². The standard InChI is InChI=1S/C19H26N2O4/c1-11-8-12(2)18(14(4)22)13(3)15(11)10-21-7-6-20-19(24)16(21)9-17(23)25-5/h8,16H,6-7,9-10H2,1-5H3,(H,20,24)/t16-/m1/s1.